The van der Waals surface area contributed by atoms with Crippen molar-refractivity contribution in [3.8, 4) is 0 Å². The third-order valence-electron chi connectivity index (χ3n) is 2.87. The zero-order valence-electron chi connectivity index (χ0n) is 9.72. The summed E-state index contributed by atoms with van der Waals surface area (Å²) in [6.07, 6.45) is 0. The molecule has 0 aliphatic heterocycles. The lowest BCUT2D eigenvalue weighted by Crippen LogP contribution is -2.56. The molecule has 0 spiro atoms. The van der Waals surface area contributed by atoms with Crippen molar-refractivity contribution in [3.63, 3.8) is 0 Å². The van der Waals surface area contributed by atoms with E-state index in [1.54, 1.807) is 0 Å². The Hall–Kier alpha value is -0.340. The second-order valence-electron chi connectivity index (χ2n) is 4.15. The molecular weight excluding hydrogens is 160 g/mol. The molecule has 2 N–H and O–H groups in total. The molecule has 0 saturated carbocycles. The van der Waals surface area contributed by atoms with Gasteiger partial charge in [0.1, 0.15) is 0 Å². The Morgan fingerprint density at radius 3 is 2.00 bits per heavy atom. The van der Waals surface area contributed by atoms with Gasteiger partial charge in [0.05, 0.1) is 0 Å². The maximum atomic E-state index is 6.11. The zero-order chi connectivity index (χ0) is 10.6. The molecule has 0 aromatic rings. The van der Waals surface area contributed by atoms with Gasteiger partial charge in [0.2, 0.25) is 0 Å². The molecule has 1 atom stereocenters. The van der Waals surface area contributed by atoms with E-state index in [0.29, 0.717) is 0 Å². The molecule has 0 saturated heterocycles. The van der Waals surface area contributed by atoms with Crippen LogP contribution in [0.3, 0.4) is 0 Å². The summed E-state index contributed by atoms with van der Waals surface area (Å²) < 4.78 is 0. The van der Waals surface area contributed by atoms with Crippen molar-refractivity contribution in [1.82, 2.24) is 4.90 Å². The number of rotatable bonds is 5. The number of hydrogen-bond acceptors (Lipinski definition) is 2. The molecule has 13 heavy (non-hydrogen) atoms. The molecule has 2 nitrogen and oxygen atoms in total. The molecule has 0 amide bonds. The molecule has 0 aromatic heterocycles. The molecule has 0 aromatic carbocycles. The molecule has 0 rings (SSSR count). The minimum Gasteiger partial charge on any atom is -0.323 e. The molecule has 0 radical (unpaired) electrons. The largest absolute Gasteiger partial charge is 0.323 e. The number of nitrogens with zero attached hydrogens (tertiary/aromatic N) is 1. The van der Waals surface area contributed by atoms with E-state index in [4.69, 9.17) is 5.73 Å². The highest BCUT2D eigenvalue weighted by molar-refractivity contribution is 5.10. The average molecular weight is 184 g/mol. The van der Waals surface area contributed by atoms with Gasteiger partial charge in [-0.05, 0) is 33.9 Å². The second-order valence-corrected chi connectivity index (χ2v) is 4.15. The van der Waals surface area contributed by atoms with Crippen LogP contribution < -0.4 is 5.73 Å². The molecule has 0 fully saturated rings. The summed E-state index contributed by atoms with van der Waals surface area (Å²) >= 11 is 0. The first-order chi connectivity index (χ1) is 5.87. The van der Waals surface area contributed by atoms with Crippen LogP contribution in [0.1, 0.15) is 34.6 Å². The Morgan fingerprint density at radius 1 is 1.38 bits per heavy atom. The second kappa shape index (κ2) is 4.77. The average Bonchev–Trinajstić information content (AvgIpc) is 2.04. The van der Waals surface area contributed by atoms with Gasteiger partial charge in [0.25, 0.3) is 0 Å². The minimum absolute atomic E-state index is 0.00926. The van der Waals surface area contributed by atoms with Gasteiger partial charge >= 0.3 is 0 Å². The number of nitrogens with two attached hydrogens (primary N) is 1. The molecule has 0 aliphatic rings. The van der Waals surface area contributed by atoms with Gasteiger partial charge in [-0.15, -0.1) is 0 Å². The fraction of sp³-hybridized carbons (Fsp3) is 0.818. The smallest absolute Gasteiger partial charge is 0.0430 e. The Balaban J connectivity index is 4.60. The molecular formula is C11H24N2. The lowest BCUT2D eigenvalue weighted by atomic mass is 9.88. The predicted molar refractivity (Wildman–Crippen MR) is 59.8 cm³/mol. The van der Waals surface area contributed by atoms with Crippen molar-refractivity contribution in [2.45, 2.75) is 46.2 Å². The van der Waals surface area contributed by atoms with Crippen LogP contribution in [-0.4, -0.2) is 29.6 Å². The highest BCUT2D eigenvalue weighted by Crippen LogP contribution is 2.21. The van der Waals surface area contributed by atoms with E-state index >= 15 is 0 Å². The van der Waals surface area contributed by atoms with Crippen LogP contribution in [0.15, 0.2) is 12.2 Å². The van der Waals surface area contributed by atoms with E-state index in [2.05, 4.69) is 39.2 Å². The normalized spacial score (nSPS) is 14.7. The third-order valence-corrected chi connectivity index (χ3v) is 2.87. The summed E-state index contributed by atoms with van der Waals surface area (Å²) in [5.74, 6) is 0. The minimum atomic E-state index is 0.00926. The van der Waals surface area contributed by atoms with E-state index in [1.807, 2.05) is 6.92 Å². The first-order valence-electron chi connectivity index (χ1n) is 5.03. The van der Waals surface area contributed by atoms with Gasteiger partial charge < -0.3 is 5.73 Å². The lowest BCUT2D eigenvalue weighted by molar-refractivity contribution is 0.118. The van der Waals surface area contributed by atoms with Crippen molar-refractivity contribution < 1.29 is 0 Å². The summed E-state index contributed by atoms with van der Waals surface area (Å²) in [4.78, 5) is 2.37. The maximum Gasteiger partial charge on any atom is 0.0430 e. The lowest BCUT2D eigenvalue weighted by Gasteiger charge is -2.42. The topological polar surface area (TPSA) is 29.3 Å². The van der Waals surface area contributed by atoms with Crippen molar-refractivity contribution >= 4 is 0 Å². The molecule has 78 valence electrons. The molecule has 0 heterocycles. The van der Waals surface area contributed by atoms with Crippen LogP contribution in [0.5, 0.6) is 0 Å². The van der Waals surface area contributed by atoms with E-state index in [0.717, 1.165) is 18.7 Å². The van der Waals surface area contributed by atoms with Crippen LogP contribution in [0, 0.1) is 0 Å². The standard InChI is InChI=1S/C11H24N2/c1-7-13(8-2)11(5,6)10(12)9(3)4/h10H,3,7-8,12H2,1-2,4-6H3. The SMILES string of the molecule is C=C(C)C(N)C(C)(C)N(CC)CC. The van der Waals surface area contributed by atoms with Crippen LogP contribution in [-0.2, 0) is 0 Å². The van der Waals surface area contributed by atoms with Crippen LogP contribution in [0.2, 0.25) is 0 Å². The fourth-order valence-electron chi connectivity index (χ4n) is 1.84. The van der Waals surface area contributed by atoms with Gasteiger partial charge in [0, 0.05) is 11.6 Å². The van der Waals surface area contributed by atoms with Crippen molar-refractivity contribution in [1.29, 1.82) is 0 Å². The summed E-state index contributed by atoms with van der Waals surface area (Å²) in [6.45, 7) is 16.7. The van der Waals surface area contributed by atoms with E-state index in [-0.39, 0.29) is 11.6 Å². The number of likely N-dealkylation sites (N-methyl/N-ethyl adjacent to an activating group) is 1. The zero-order valence-corrected chi connectivity index (χ0v) is 9.72. The van der Waals surface area contributed by atoms with Crippen molar-refractivity contribution in [2.24, 2.45) is 5.73 Å². The first-order valence-corrected chi connectivity index (χ1v) is 5.03. The Kier molecular flexibility index (Phi) is 4.65. The summed E-state index contributed by atoms with van der Waals surface area (Å²) in [5, 5.41) is 0. The molecule has 0 aliphatic carbocycles. The monoisotopic (exact) mass is 184 g/mol. The molecule has 0 bridgehead atoms. The van der Waals surface area contributed by atoms with E-state index in [9.17, 15) is 0 Å². The van der Waals surface area contributed by atoms with Crippen LogP contribution >= 0.6 is 0 Å². The quantitative estimate of drug-likeness (QED) is 0.662. The van der Waals surface area contributed by atoms with Crippen LogP contribution in [0.25, 0.3) is 0 Å². The fourth-order valence-corrected chi connectivity index (χ4v) is 1.84. The first kappa shape index (κ1) is 12.7. The van der Waals surface area contributed by atoms with Gasteiger partial charge in [-0.3, -0.25) is 4.90 Å². The molecule has 1 unspecified atom stereocenters. The predicted octanol–water partition coefficient (Wildman–Crippen LogP) is 2.01. The van der Waals surface area contributed by atoms with Crippen molar-refractivity contribution in [2.75, 3.05) is 13.1 Å². The highest BCUT2D eigenvalue weighted by atomic mass is 15.2. The maximum absolute atomic E-state index is 6.11. The third kappa shape index (κ3) is 2.82. The Morgan fingerprint density at radius 2 is 1.77 bits per heavy atom. The number of hydrogen-bond donors (Lipinski definition) is 1. The van der Waals surface area contributed by atoms with E-state index in [1.165, 1.54) is 0 Å². The van der Waals surface area contributed by atoms with Gasteiger partial charge in [-0.25, -0.2) is 0 Å². The van der Waals surface area contributed by atoms with Gasteiger partial charge in [-0.1, -0.05) is 26.0 Å². The Bertz CT molecular complexity index is 169. The van der Waals surface area contributed by atoms with E-state index < -0.39 is 0 Å². The highest BCUT2D eigenvalue weighted by Gasteiger charge is 2.31. The molecule has 2 heteroatoms. The summed E-state index contributed by atoms with van der Waals surface area (Å²) in [5.41, 5.74) is 7.17. The van der Waals surface area contributed by atoms with Crippen LogP contribution in [0.4, 0.5) is 0 Å². The van der Waals surface area contributed by atoms with Crippen molar-refractivity contribution in [3.05, 3.63) is 12.2 Å². The Labute approximate surface area is 82.8 Å². The van der Waals surface area contributed by atoms with Gasteiger partial charge in [-0.2, -0.15) is 0 Å². The summed E-state index contributed by atoms with van der Waals surface area (Å²) in [7, 11) is 0. The summed E-state index contributed by atoms with van der Waals surface area (Å²) in [6, 6.07) is 0.0485. The van der Waals surface area contributed by atoms with Gasteiger partial charge in [0.15, 0.2) is 0 Å².